The molecule has 144 valence electrons. The summed E-state index contributed by atoms with van der Waals surface area (Å²) in [5.41, 5.74) is 0.886. The highest BCUT2D eigenvalue weighted by Gasteiger charge is 2.15. The van der Waals surface area contributed by atoms with Gasteiger partial charge in [-0.2, -0.15) is 0 Å². The SMILES string of the molecule is C=CCn1c(=S)[nH]c2cc(C(=O)NC(C)c3ccc(F)c(F)c3)ccc2c1=O. The quantitative estimate of drug-likeness (QED) is 0.501. The van der Waals surface area contributed by atoms with E-state index in [2.05, 4.69) is 16.9 Å². The van der Waals surface area contributed by atoms with Gasteiger partial charge in [-0.25, -0.2) is 8.78 Å². The fourth-order valence-corrected chi connectivity index (χ4v) is 3.10. The predicted octanol–water partition coefficient (Wildman–Crippen LogP) is 4.01. The van der Waals surface area contributed by atoms with Crippen LogP contribution in [-0.2, 0) is 6.54 Å². The molecule has 0 spiro atoms. The first-order chi connectivity index (χ1) is 13.3. The Morgan fingerprint density at radius 3 is 2.71 bits per heavy atom. The van der Waals surface area contributed by atoms with Crippen LogP contribution < -0.4 is 10.9 Å². The zero-order chi connectivity index (χ0) is 20.4. The second-order valence-corrected chi connectivity index (χ2v) is 6.65. The van der Waals surface area contributed by atoms with Gasteiger partial charge in [-0.05, 0) is 55.0 Å². The zero-order valence-electron chi connectivity index (χ0n) is 15.0. The molecule has 1 atom stereocenters. The maximum Gasteiger partial charge on any atom is 0.262 e. The van der Waals surface area contributed by atoms with Gasteiger partial charge in [0.1, 0.15) is 0 Å². The number of carbonyl (C=O) groups excluding carboxylic acids is 1. The van der Waals surface area contributed by atoms with Gasteiger partial charge < -0.3 is 10.3 Å². The van der Waals surface area contributed by atoms with E-state index in [-0.39, 0.29) is 16.9 Å². The summed E-state index contributed by atoms with van der Waals surface area (Å²) in [5.74, 6) is -2.35. The number of nitrogens with zero attached hydrogens (tertiary/aromatic N) is 1. The molecular formula is C20H17F2N3O2S. The number of aromatic nitrogens is 2. The highest BCUT2D eigenvalue weighted by molar-refractivity contribution is 7.71. The lowest BCUT2D eigenvalue weighted by Gasteiger charge is -2.15. The summed E-state index contributed by atoms with van der Waals surface area (Å²) < 4.78 is 28.1. The molecule has 1 unspecified atom stereocenters. The van der Waals surface area contributed by atoms with Crippen molar-refractivity contribution in [1.29, 1.82) is 0 Å². The molecule has 0 radical (unpaired) electrons. The van der Waals surface area contributed by atoms with Crippen LogP contribution in [-0.4, -0.2) is 15.5 Å². The Labute approximate surface area is 164 Å². The molecule has 0 saturated heterocycles. The number of fused-ring (bicyclic) bond motifs is 1. The van der Waals surface area contributed by atoms with Crippen molar-refractivity contribution in [2.75, 3.05) is 0 Å². The van der Waals surface area contributed by atoms with Crippen LogP contribution in [0.4, 0.5) is 8.78 Å². The van der Waals surface area contributed by atoms with E-state index < -0.39 is 23.6 Å². The third-order valence-corrected chi connectivity index (χ3v) is 4.67. The second-order valence-electron chi connectivity index (χ2n) is 6.26. The summed E-state index contributed by atoms with van der Waals surface area (Å²) in [5, 5.41) is 3.11. The molecular weight excluding hydrogens is 384 g/mol. The van der Waals surface area contributed by atoms with E-state index in [4.69, 9.17) is 12.2 Å². The topological polar surface area (TPSA) is 66.9 Å². The molecule has 2 aromatic carbocycles. The Hall–Kier alpha value is -3.13. The minimum Gasteiger partial charge on any atom is -0.346 e. The third-order valence-electron chi connectivity index (χ3n) is 4.35. The van der Waals surface area contributed by atoms with E-state index in [1.165, 1.54) is 22.8 Å². The highest BCUT2D eigenvalue weighted by Crippen LogP contribution is 2.17. The smallest absolute Gasteiger partial charge is 0.262 e. The molecule has 0 fully saturated rings. The lowest BCUT2D eigenvalue weighted by atomic mass is 10.1. The summed E-state index contributed by atoms with van der Waals surface area (Å²) in [4.78, 5) is 28.0. The van der Waals surface area contributed by atoms with Crippen molar-refractivity contribution in [3.63, 3.8) is 0 Å². The second kappa shape index (κ2) is 7.85. The Bertz CT molecular complexity index is 1200. The Kier molecular flexibility index (Phi) is 5.51. The van der Waals surface area contributed by atoms with Crippen molar-refractivity contribution in [3.8, 4) is 0 Å². The van der Waals surface area contributed by atoms with Crippen molar-refractivity contribution in [2.24, 2.45) is 0 Å². The lowest BCUT2D eigenvalue weighted by molar-refractivity contribution is 0.0940. The van der Waals surface area contributed by atoms with E-state index in [1.54, 1.807) is 19.1 Å². The maximum atomic E-state index is 13.4. The Balaban J connectivity index is 1.90. The van der Waals surface area contributed by atoms with Crippen LogP contribution in [0, 0.1) is 16.4 Å². The van der Waals surface area contributed by atoms with Gasteiger partial charge in [0.05, 0.1) is 16.9 Å². The predicted molar refractivity (Wildman–Crippen MR) is 106 cm³/mol. The molecule has 3 rings (SSSR count). The number of hydrogen-bond acceptors (Lipinski definition) is 3. The molecule has 0 saturated carbocycles. The fourth-order valence-electron chi connectivity index (χ4n) is 2.84. The Morgan fingerprint density at radius 1 is 1.29 bits per heavy atom. The largest absolute Gasteiger partial charge is 0.346 e. The number of benzene rings is 2. The van der Waals surface area contributed by atoms with Gasteiger partial charge in [-0.15, -0.1) is 6.58 Å². The van der Waals surface area contributed by atoms with Crippen molar-refractivity contribution >= 4 is 29.0 Å². The van der Waals surface area contributed by atoms with E-state index in [0.717, 1.165) is 12.1 Å². The molecule has 2 N–H and O–H groups in total. The van der Waals surface area contributed by atoms with Gasteiger partial charge >= 0.3 is 0 Å². The number of nitrogens with one attached hydrogen (secondary N) is 2. The van der Waals surface area contributed by atoms with E-state index in [9.17, 15) is 18.4 Å². The number of allylic oxidation sites excluding steroid dienone is 1. The van der Waals surface area contributed by atoms with Crippen molar-refractivity contribution in [2.45, 2.75) is 19.5 Å². The average Bonchev–Trinajstić information content (AvgIpc) is 2.66. The monoisotopic (exact) mass is 401 g/mol. The normalized spacial score (nSPS) is 12.0. The van der Waals surface area contributed by atoms with Crippen LogP contribution in [0.15, 0.2) is 53.8 Å². The van der Waals surface area contributed by atoms with Gasteiger partial charge in [0.2, 0.25) is 0 Å². The number of carbonyl (C=O) groups is 1. The number of H-pyrrole nitrogens is 1. The first-order valence-corrected chi connectivity index (χ1v) is 8.86. The zero-order valence-corrected chi connectivity index (χ0v) is 15.8. The molecule has 1 amide bonds. The summed E-state index contributed by atoms with van der Waals surface area (Å²) in [6, 6.07) is 7.50. The minimum absolute atomic E-state index is 0.227. The van der Waals surface area contributed by atoms with Gasteiger partial charge in [0.15, 0.2) is 16.4 Å². The molecule has 5 nitrogen and oxygen atoms in total. The summed E-state index contributed by atoms with van der Waals surface area (Å²) in [6.45, 7) is 5.54. The first-order valence-electron chi connectivity index (χ1n) is 8.45. The molecule has 0 aliphatic rings. The van der Waals surface area contributed by atoms with Crippen LogP contribution in [0.1, 0.15) is 28.9 Å². The number of amides is 1. The van der Waals surface area contributed by atoms with E-state index in [1.807, 2.05) is 0 Å². The van der Waals surface area contributed by atoms with Crippen LogP contribution in [0.3, 0.4) is 0 Å². The van der Waals surface area contributed by atoms with Crippen LogP contribution in [0.5, 0.6) is 0 Å². The van der Waals surface area contributed by atoms with E-state index >= 15 is 0 Å². The molecule has 8 heteroatoms. The van der Waals surface area contributed by atoms with Gasteiger partial charge in [-0.3, -0.25) is 14.2 Å². The molecule has 1 aromatic heterocycles. The standard InChI is InChI=1S/C20H17F2N3O2S/c1-3-8-25-19(27)14-6-4-13(10-17(14)24-20(25)28)18(26)23-11(2)12-5-7-15(21)16(22)9-12/h3-7,9-11H,1,8H2,2H3,(H,23,26)(H,24,28). The lowest BCUT2D eigenvalue weighted by Crippen LogP contribution is -2.27. The van der Waals surface area contributed by atoms with Crippen LogP contribution in [0.2, 0.25) is 0 Å². The van der Waals surface area contributed by atoms with Gasteiger partial charge in [0.25, 0.3) is 11.5 Å². The molecule has 0 bridgehead atoms. The summed E-state index contributed by atoms with van der Waals surface area (Å²) in [7, 11) is 0. The van der Waals surface area contributed by atoms with Gasteiger partial charge in [0, 0.05) is 12.1 Å². The number of aromatic amines is 1. The van der Waals surface area contributed by atoms with E-state index in [0.29, 0.717) is 22.0 Å². The van der Waals surface area contributed by atoms with Gasteiger partial charge in [-0.1, -0.05) is 12.1 Å². The molecule has 0 aliphatic carbocycles. The van der Waals surface area contributed by atoms with Crippen molar-refractivity contribution in [3.05, 3.63) is 86.9 Å². The maximum absolute atomic E-state index is 13.4. The van der Waals surface area contributed by atoms with Crippen LogP contribution in [0.25, 0.3) is 10.9 Å². The van der Waals surface area contributed by atoms with Crippen molar-refractivity contribution in [1.82, 2.24) is 14.9 Å². The number of hydrogen-bond donors (Lipinski definition) is 2. The number of rotatable bonds is 5. The van der Waals surface area contributed by atoms with Crippen molar-refractivity contribution < 1.29 is 13.6 Å². The molecule has 3 aromatic rings. The summed E-state index contributed by atoms with van der Waals surface area (Å²) in [6.07, 6.45) is 1.57. The Morgan fingerprint density at radius 2 is 2.04 bits per heavy atom. The van der Waals surface area contributed by atoms with Crippen LogP contribution >= 0.6 is 12.2 Å². The highest BCUT2D eigenvalue weighted by atomic mass is 32.1. The third kappa shape index (κ3) is 3.77. The molecule has 0 aliphatic heterocycles. The molecule has 1 heterocycles. The number of halogens is 2. The minimum atomic E-state index is -0.979. The summed E-state index contributed by atoms with van der Waals surface area (Å²) >= 11 is 5.19. The average molecular weight is 401 g/mol. The first kappa shape index (κ1) is 19.6. The molecule has 28 heavy (non-hydrogen) atoms. The fraction of sp³-hybridized carbons (Fsp3) is 0.150.